The third kappa shape index (κ3) is 2.52. The highest BCUT2D eigenvalue weighted by atomic mass is 16.6. The van der Waals surface area contributed by atoms with Gasteiger partial charge in [-0.25, -0.2) is 0 Å². The Hall–Kier alpha value is -2.49. The number of nitro groups is 1. The molecule has 2 aromatic rings. The van der Waals surface area contributed by atoms with Crippen LogP contribution in [0.5, 0.6) is 0 Å². The standard InChI is InChI=1S/C15H13NO3/c1-10-8-13(11(2)14(9-10)16(18)19)15(17)12-6-4-3-5-7-12/h3-9H,1-2H3. The van der Waals surface area contributed by atoms with Gasteiger partial charge in [0.2, 0.25) is 0 Å². The van der Waals surface area contributed by atoms with E-state index in [-0.39, 0.29) is 11.5 Å². The van der Waals surface area contributed by atoms with Crippen LogP contribution >= 0.6 is 0 Å². The van der Waals surface area contributed by atoms with Crippen LogP contribution in [0.3, 0.4) is 0 Å². The maximum absolute atomic E-state index is 12.4. The molecule has 4 nitrogen and oxygen atoms in total. The Morgan fingerprint density at radius 1 is 1.11 bits per heavy atom. The highest BCUT2D eigenvalue weighted by molar-refractivity contribution is 6.10. The van der Waals surface area contributed by atoms with E-state index in [1.807, 2.05) is 6.07 Å². The molecule has 0 spiro atoms. The summed E-state index contributed by atoms with van der Waals surface area (Å²) in [6.07, 6.45) is 0. The molecule has 0 N–H and O–H groups in total. The molecule has 19 heavy (non-hydrogen) atoms. The number of benzene rings is 2. The molecule has 0 unspecified atom stereocenters. The number of nitro benzene ring substituents is 1. The minimum Gasteiger partial charge on any atom is -0.289 e. The summed E-state index contributed by atoms with van der Waals surface area (Å²) in [5.74, 6) is -0.190. The van der Waals surface area contributed by atoms with Gasteiger partial charge in [0.15, 0.2) is 5.78 Å². The number of nitrogens with zero attached hydrogens (tertiary/aromatic N) is 1. The zero-order chi connectivity index (χ0) is 14.0. The second-order valence-corrected chi connectivity index (χ2v) is 4.41. The Morgan fingerprint density at radius 2 is 1.74 bits per heavy atom. The fourth-order valence-electron chi connectivity index (χ4n) is 2.01. The predicted octanol–water partition coefficient (Wildman–Crippen LogP) is 3.44. The van der Waals surface area contributed by atoms with Gasteiger partial charge < -0.3 is 0 Å². The minimum atomic E-state index is -0.454. The van der Waals surface area contributed by atoms with Crippen LogP contribution in [-0.2, 0) is 0 Å². The molecule has 4 heteroatoms. The molecule has 2 aromatic carbocycles. The van der Waals surface area contributed by atoms with Crippen molar-refractivity contribution in [1.82, 2.24) is 0 Å². The largest absolute Gasteiger partial charge is 0.289 e. The van der Waals surface area contributed by atoms with Gasteiger partial charge in [0.1, 0.15) is 0 Å². The van der Waals surface area contributed by atoms with Crippen LogP contribution in [0.4, 0.5) is 5.69 Å². The number of hydrogen-bond donors (Lipinski definition) is 0. The number of rotatable bonds is 3. The van der Waals surface area contributed by atoms with Gasteiger partial charge in [0, 0.05) is 22.8 Å². The first-order chi connectivity index (χ1) is 9.00. The smallest absolute Gasteiger partial charge is 0.273 e. The Kier molecular flexibility index (Phi) is 3.42. The van der Waals surface area contributed by atoms with Crippen molar-refractivity contribution < 1.29 is 9.72 Å². The van der Waals surface area contributed by atoms with Gasteiger partial charge in [-0.2, -0.15) is 0 Å². The number of carbonyl (C=O) groups excluding carboxylic acids is 1. The normalized spacial score (nSPS) is 10.2. The molecule has 0 aromatic heterocycles. The number of ketones is 1. The van der Waals surface area contributed by atoms with Crippen molar-refractivity contribution in [2.24, 2.45) is 0 Å². The fourth-order valence-corrected chi connectivity index (χ4v) is 2.01. The maximum Gasteiger partial charge on any atom is 0.273 e. The van der Waals surface area contributed by atoms with Crippen LogP contribution < -0.4 is 0 Å². The van der Waals surface area contributed by atoms with E-state index in [1.54, 1.807) is 44.2 Å². The molecule has 0 saturated carbocycles. The lowest BCUT2D eigenvalue weighted by Crippen LogP contribution is -2.06. The molecule has 0 radical (unpaired) electrons. The summed E-state index contributed by atoms with van der Waals surface area (Å²) in [5, 5.41) is 11.0. The summed E-state index contributed by atoms with van der Waals surface area (Å²) < 4.78 is 0. The Morgan fingerprint density at radius 3 is 2.32 bits per heavy atom. The van der Waals surface area contributed by atoms with E-state index in [9.17, 15) is 14.9 Å². The predicted molar refractivity (Wildman–Crippen MR) is 72.4 cm³/mol. The third-order valence-electron chi connectivity index (χ3n) is 3.00. The van der Waals surface area contributed by atoms with E-state index in [1.165, 1.54) is 6.07 Å². The summed E-state index contributed by atoms with van der Waals surface area (Å²) in [6, 6.07) is 11.9. The summed E-state index contributed by atoms with van der Waals surface area (Å²) >= 11 is 0. The maximum atomic E-state index is 12.4. The molecule has 0 bridgehead atoms. The van der Waals surface area contributed by atoms with Crippen molar-refractivity contribution >= 4 is 11.5 Å². The molecule has 0 atom stereocenters. The first kappa shape index (κ1) is 13.0. The van der Waals surface area contributed by atoms with E-state index < -0.39 is 4.92 Å². The molecule has 0 aliphatic heterocycles. The third-order valence-corrected chi connectivity index (χ3v) is 3.00. The number of carbonyl (C=O) groups is 1. The molecule has 96 valence electrons. The van der Waals surface area contributed by atoms with Crippen LogP contribution in [-0.4, -0.2) is 10.7 Å². The Bertz CT molecular complexity index is 648. The molecule has 0 fully saturated rings. The lowest BCUT2D eigenvalue weighted by Gasteiger charge is -2.07. The van der Waals surface area contributed by atoms with Crippen LogP contribution in [0.15, 0.2) is 42.5 Å². The quantitative estimate of drug-likeness (QED) is 0.479. The molecule has 0 aliphatic rings. The Labute approximate surface area is 110 Å². The number of hydrogen-bond acceptors (Lipinski definition) is 3. The highest BCUT2D eigenvalue weighted by Crippen LogP contribution is 2.25. The second kappa shape index (κ2) is 5.02. The second-order valence-electron chi connectivity index (χ2n) is 4.41. The first-order valence-corrected chi connectivity index (χ1v) is 5.86. The Balaban J connectivity index is 2.57. The van der Waals surface area contributed by atoms with Crippen molar-refractivity contribution in [3.8, 4) is 0 Å². The zero-order valence-corrected chi connectivity index (χ0v) is 10.7. The molecule has 0 heterocycles. The monoisotopic (exact) mass is 255 g/mol. The first-order valence-electron chi connectivity index (χ1n) is 5.86. The van der Waals surface area contributed by atoms with Crippen molar-refractivity contribution in [1.29, 1.82) is 0 Å². The van der Waals surface area contributed by atoms with Crippen LogP contribution in [0, 0.1) is 24.0 Å². The van der Waals surface area contributed by atoms with E-state index in [4.69, 9.17) is 0 Å². The van der Waals surface area contributed by atoms with Crippen LogP contribution in [0.2, 0.25) is 0 Å². The lowest BCUT2D eigenvalue weighted by molar-refractivity contribution is -0.385. The van der Waals surface area contributed by atoms with Crippen molar-refractivity contribution in [2.45, 2.75) is 13.8 Å². The topological polar surface area (TPSA) is 60.2 Å². The van der Waals surface area contributed by atoms with Gasteiger partial charge in [-0.05, 0) is 25.5 Å². The van der Waals surface area contributed by atoms with Crippen molar-refractivity contribution in [3.05, 3.63) is 74.8 Å². The van der Waals surface area contributed by atoms with Gasteiger partial charge in [0.25, 0.3) is 5.69 Å². The highest BCUT2D eigenvalue weighted by Gasteiger charge is 2.20. The molecule has 0 aliphatic carbocycles. The van der Waals surface area contributed by atoms with Crippen molar-refractivity contribution in [2.75, 3.05) is 0 Å². The van der Waals surface area contributed by atoms with E-state index >= 15 is 0 Å². The summed E-state index contributed by atoms with van der Waals surface area (Å²) in [6.45, 7) is 3.35. The average Bonchev–Trinajstić information content (AvgIpc) is 2.41. The van der Waals surface area contributed by atoms with Gasteiger partial charge in [0.05, 0.1) is 4.92 Å². The van der Waals surface area contributed by atoms with Gasteiger partial charge in [-0.1, -0.05) is 30.3 Å². The SMILES string of the molecule is Cc1cc(C(=O)c2ccccc2)c(C)c([N+](=O)[O-])c1. The van der Waals surface area contributed by atoms with E-state index in [0.717, 1.165) is 0 Å². The molecular formula is C15H13NO3. The van der Waals surface area contributed by atoms with E-state index in [2.05, 4.69) is 0 Å². The van der Waals surface area contributed by atoms with Crippen LogP contribution in [0.1, 0.15) is 27.0 Å². The minimum absolute atomic E-state index is 0.0146. The summed E-state index contributed by atoms with van der Waals surface area (Å²) in [7, 11) is 0. The zero-order valence-electron chi connectivity index (χ0n) is 10.7. The van der Waals surface area contributed by atoms with Gasteiger partial charge >= 0.3 is 0 Å². The number of aryl methyl sites for hydroxylation is 1. The van der Waals surface area contributed by atoms with Gasteiger partial charge in [-0.3, -0.25) is 14.9 Å². The van der Waals surface area contributed by atoms with Crippen molar-refractivity contribution in [3.63, 3.8) is 0 Å². The summed E-state index contributed by atoms with van der Waals surface area (Å²) in [5.41, 5.74) is 2.02. The molecular weight excluding hydrogens is 242 g/mol. The molecule has 0 saturated heterocycles. The average molecular weight is 255 g/mol. The molecule has 0 amide bonds. The van der Waals surface area contributed by atoms with E-state index in [0.29, 0.717) is 22.3 Å². The fraction of sp³-hybridized carbons (Fsp3) is 0.133. The van der Waals surface area contributed by atoms with Crippen LogP contribution in [0.25, 0.3) is 0 Å². The summed E-state index contributed by atoms with van der Waals surface area (Å²) in [4.78, 5) is 22.9. The lowest BCUT2D eigenvalue weighted by atomic mass is 9.96. The van der Waals surface area contributed by atoms with Gasteiger partial charge in [-0.15, -0.1) is 0 Å². The molecule has 2 rings (SSSR count).